The number of anilines is 1. The summed E-state index contributed by atoms with van der Waals surface area (Å²) in [5.41, 5.74) is 1.05. The van der Waals surface area contributed by atoms with Gasteiger partial charge in [-0.3, -0.25) is 4.79 Å². The summed E-state index contributed by atoms with van der Waals surface area (Å²) in [5, 5.41) is 3.17. The molecule has 3 rings (SSSR count). The molecule has 27 heavy (non-hydrogen) atoms. The highest BCUT2D eigenvalue weighted by molar-refractivity contribution is 5.96. The lowest BCUT2D eigenvalue weighted by Crippen LogP contribution is -2.45. The van der Waals surface area contributed by atoms with Crippen molar-refractivity contribution in [1.82, 2.24) is 4.90 Å². The van der Waals surface area contributed by atoms with Crippen molar-refractivity contribution in [1.29, 1.82) is 0 Å². The van der Waals surface area contributed by atoms with Gasteiger partial charge in [0.05, 0.1) is 18.4 Å². The Morgan fingerprint density at radius 3 is 2.85 bits per heavy atom. The Balaban J connectivity index is 1.58. The molecule has 1 aliphatic heterocycles. The number of esters is 1. The molecule has 1 atom stereocenters. The Hall–Kier alpha value is -2.76. The summed E-state index contributed by atoms with van der Waals surface area (Å²) in [5.74, 6) is 0.149. The van der Waals surface area contributed by atoms with Crippen molar-refractivity contribution in [3.8, 4) is 0 Å². The summed E-state index contributed by atoms with van der Waals surface area (Å²) in [7, 11) is 0. The standard InChI is InChI=1S/C21H26N2O4/c1-2-16-8-5-6-12-23(16)20(24)15-27-21(25)18-10-3-4-11-19(18)22-14-17-9-7-13-26-17/h3-4,7,9-11,13,16,22H,2,5-6,8,12,14-15H2,1H3/t16-/m1/s1. The van der Waals surface area contributed by atoms with Gasteiger partial charge in [-0.05, 0) is 49.9 Å². The molecule has 144 valence electrons. The minimum atomic E-state index is -0.504. The van der Waals surface area contributed by atoms with E-state index in [1.54, 1.807) is 24.5 Å². The van der Waals surface area contributed by atoms with E-state index in [9.17, 15) is 9.59 Å². The number of hydrogen-bond donors (Lipinski definition) is 1. The molecule has 1 saturated heterocycles. The number of furan rings is 1. The maximum absolute atomic E-state index is 12.5. The van der Waals surface area contributed by atoms with E-state index < -0.39 is 5.97 Å². The van der Waals surface area contributed by atoms with E-state index in [4.69, 9.17) is 9.15 Å². The fourth-order valence-corrected chi connectivity index (χ4v) is 3.45. The second-order valence-electron chi connectivity index (χ2n) is 6.70. The molecule has 1 aromatic heterocycles. The summed E-state index contributed by atoms with van der Waals surface area (Å²) < 4.78 is 10.6. The van der Waals surface area contributed by atoms with Crippen molar-refractivity contribution in [2.45, 2.75) is 45.2 Å². The number of ether oxygens (including phenoxy) is 1. The van der Waals surface area contributed by atoms with Crippen molar-refractivity contribution in [2.75, 3.05) is 18.5 Å². The van der Waals surface area contributed by atoms with Crippen LogP contribution in [0.1, 0.15) is 48.7 Å². The molecule has 0 saturated carbocycles. The van der Waals surface area contributed by atoms with Crippen LogP contribution in [0.25, 0.3) is 0 Å². The topological polar surface area (TPSA) is 71.8 Å². The van der Waals surface area contributed by atoms with Crippen molar-refractivity contribution >= 4 is 17.6 Å². The second kappa shape index (κ2) is 9.26. The third kappa shape index (κ3) is 4.90. The molecule has 1 fully saturated rings. The Morgan fingerprint density at radius 1 is 1.22 bits per heavy atom. The quantitative estimate of drug-likeness (QED) is 0.750. The predicted molar refractivity (Wildman–Crippen MR) is 102 cm³/mol. The van der Waals surface area contributed by atoms with Crippen molar-refractivity contribution < 1.29 is 18.7 Å². The van der Waals surface area contributed by atoms with Gasteiger partial charge in [-0.15, -0.1) is 0 Å². The molecule has 0 unspecified atom stereocenters. The van der Waals surface area contributed by atoms with E-state index in [0.29, 0.717) is 17.8 Å². The zero-order valence-electron chi connectivity index (χ0n) is 15.6. The number of piperidine rings is 1. The molecule has 2 heterocycles. The largest absolute Gasteiger partial charge is 0.467 e. The van der Waals surface area contributed by atoms with Crippen LogP contribution in [-0.2, 0) is 16.1 Å². The van der Waals surface area contributed by atoms with Gasteiger partial charge in [0, 0.05) is 18.3 Å². The minimum absolute atomic E-state index is 0.115. The van der Waals surface area contributed by atoms with Gasteiger partial charge in [0.15, 0.2) is 6.61 Å². The number of nitrogens with one attached hydrogen (secondary N) is 1. The van der Waals surface area contributed by atoms with Gasteiger partial charge in [0.2, 0.25) is 0 Å². The van der Waals surface area contributed by atoms with Gasteiger partial charge < -0.3 is 19.4 Å². The van der Waals surface area contributed by atoms with Crippen molar-refractivity contribution in [3.05, 3.63) is 54.0 Å². The molecule has 0 spiro atoms. The molecule has 1 N–H and O–H groups in total. The molecule has 6 heteroatoms. The van der Waals surface area contributed by atoms with Gasteiger partial charge >= 0.3 is 5.97 Å². The van der Waals surface area contributed by atoms with E-state index in [2.05, 4.69) is 12.2 Å². The molecule has 1 aliphatic rings. The van der Waals surface area contributed by atoms with Crippen LogP contribution in [-0.4, -0.2) is 36.0 Å². The summed E-state index contributed by atoms with van der Waals surface area (Å²) in [6.45, 7) is 3.07. The van der Waals surface area contributed by atoms with Crippen LogP contribution in [0.2, 0.25) is 0 Å². The number of benzene rings is 1. The van der Waals surface area contributed by atoms with Crippen LogP contribution < -0.4 is 5.32 Å². The molecular formula is C21H26N2O4. The average Bonchev–Trinajstić information content (AvgIpc) is 3.24. The number of rotatable bonds is 7. The fraction of sp³-hybridized carbons (Fsp3) is 0.429. The molecule has 6 nitrogen and oxygen atoms in total. The monoisotopic (exact) mass is 370 g/mol. The van der Waals surface area contributed by atoms with Crippen LogP contribution in [0.3, 0.4) is 0 Å². The van der Waals surface area contributed by atoms with Gasteiger partial charge in [-0.1, -0.05) is 19.1 Å². The van der Waals surface area contributed by atoms with Gasteiger partial charge in [0.1, 0.15) is 5.76 Å². The number of para-hydroxylation sites is 1. The number of carbonyl (C=O) groups excluding carboxylic acids is 2. The number of likely N-dealkylation sites (tertiary alicyclic amines) is 1. The van der Waals surface area contributed by atoms with Crippen LogP contribution in [0, 0.1) is 0 Å². The van der Waals surface area contributed by atoms with Gasteiger partial charge in [-0.2, -0.15) is 0 Å². The predicted octanol–water partition coefficient (Wildman–Crippen LogP) is 3.84. The smallest absolute Gasteiger partial charge is 0.340 e. The molecule has 1 amide bonds. The van der Waals surface area contributed by atoms with E-state index >= 15 is 0 Å². The SMILES string of the molecule is CC[C@@H]1CCCCN1C(=O)COC(=O)c1ccccc1NCc1ccco1. The lowest BCUT2D eigenvalue weighted by molar-refractivity contribution is -0.138. The van der Waals surface area contributed by atoms with Crippen molar-refractivity contribution in [2.24, 2.45) is 0 Å². The second-order valence-corrected chi connectivity index (χ2v) is 6.70. The zero-order chi connectivity index (χ0) is 19.1. The first-order chi connectivity index (χ1) is 13.2. The van der Waals surface area contributed by atoms with Crippen LogP contribution in [0.4, 0.5) is 5.69 Å². The first kappa shape index (κ1) is 19.0. The van der Waals surface area contributed by atoms with Crippen LogP contribution >= 0.6 is 0 Å². The Morgan fingerprint density at radius 2 is 2.07 bits per heavy atom. The molecule has 1 aromatic carbocycles. The molecular weight excluding hydrogens is 344 g/mol. The van der Waals surface area contributed by atoms with Crippen LogP contribution in [0.15, 0.2) is 47.1 Å². The number of carbonyl (C=O) groups is 2. The summed E-state index contributed by atoms with van der Waals surface area (Å²) >= 11 is 0. The Labute approximate surface area is 159 Å². The van der Waals surface area contributed by atoms with E-state index in [1.807, 2.05) is 23.1 Å². The Bertz CT molecular complexity index is 757. The van der Waals surface area contributed by atoms with Crippen LogP contribution in [0.5, 0.6) is 0 Å². The maximum atomic E-state index is 12.5. The first-order valence-corrected chi connectivity index (χ1v) is 9.51. The lowest BCUT2D eigenvalue weighted by Gasteiger charge is -2.35. The van der Waals surface area contributed by atoms with Gasteiger partial charge in [-0.25, -0.2) is 4.79 Å². The maximum Gasteiger partial charge on any atom is 0.340 e. The first-order valence-electron chi connectivity index (χ1n) is 9.51. The van der Waals surface area contributed by atoms with Gasteiger partial charge in [0.25, 0.3) is 5.91 Å². The summed E-state index contributed by atoms with van der Waals surface area (Å²) in [6, 6.07) is 11.0. The highest BCUT2D eigenvalue weighted by atomic mass is 16.5. The van der Waals surface area contributed by atoms with E-state index in [-0.39, 0.29) is 18.6 Å². The van der Waals surface area contributed by atoms with Crippen molar-refractivity contribution in [3.63, 3.8) is 0 Å². The minimum Gasteiger partial charge on any atom is -0.467 e. The van der Waals surface area contributed by atoms with E-state index in [0.717, 1.165) is 38.0 Å². The summed E-state index contributed by atoms with van der Waals surface area (Å²) in [6.07, 6.45) is 5.72. The number of nitrogens with zero attached hydrogens (tertiary/aromatic N) is 1. The summed E-state index contributed by atoms with van der Waals surface area (Å²) in [4.78, 5) is 26.9. The highest BCUT2D eigenvalue weighted by Crippen LogP contribution is 2.20. The number of amides is 1. The highest BCUT2D eigenvalue weighted by Gasteiger charge is 2.26. The molecule has 0 bridgehead atoms. The molecule has 2 aromatic rings. The fourth-order valence-electron chi connectivity index (χ4n) is 3.45. The average molecular weight is 370 g/mol. The zero-order valence-corrected chi connectivity index (χ0v) is 15.6. The third-order valence-corrected chi connectivity index (χ3v) is 4.93. The van der Waals surface area contributed by atoms with E-state index in [1.165, 1.54) is 0 Å². The Kier molecular flexibility index (Phi) is 6.52. The molecule has 0 aliphatic carbocycles. The lowest BCUT2D eigenvalue weighted by atomic mass is 10.00. The molecule has 0 radical (unpaired) electrons. The number of hydrogen-bond acceptors (Lipinski definition) is 5. The normalized spacial score (nSPS) is 16.8. The third-order valence-electron chi connectivity index (χ3n) is 4.93.